The number of thiophene rings is 1. The lowest BCUT2D eigenvalue weighted by atomic mass is 10.00. The quantitative estimate of drug-likeness (QED) is 0.923. The summed E-state index contributed by atoms with van der Waals surface area (Å²) in [4.78, 5) is 4.10. The Labute approximate surface area is 110 Å². The van der Waals surface area contributed by atoms with Gasteiger partial charge in [-0.3, -0.25) is 4.90 Å². The van der Waals surface area contributed by atoms with Crippen LogP contribution in [0.3, 0.4) is 0 Å². The van der Waals surface area contributed by atoms with Gasteiger partial charge in [0.1, 0.15) is 0 Å². The van der Waals surface area contributed by atoms with Crippen LogP contribution in [-0.2, 0) is 0 Å². The molecule has 2 rings (SSSR count). The van der Waals surface area contributed by atoms with Gasteiger partial charge >= 0.3 is 0 Å². The van der Waals surface area contributed by atoms with Gasteiger partial charge in [-0.1, -0.05) is 13.8 Å². The summed E-state index contributed by atoms with van der Waals surface area (Å²) in [7, 11) is 0. The fourth-order valence-corrected chi connectivity index (χ4v) is 4.12. The van der Waals surface area contributed by atoms with E-state index in [-0.39, 0.29) is 0 Å². The van der Waals surface area contributed by atoms with Crippen molar-refractivity contribution in [1.29, 1.82) is 0 Å². The lowest BCUT2D eigenvalue weighted by Crippen LogP contribution is -2.46. The number of hydrogen-bond acceptors (Lipinski definition) is 3. The molecule has 2 heterocycles. The summed E-state index contributed by atoms with van der Waals surface area (Å²) in [6, 6.07) is 2.86. The summed E-state index contributed by atoms with van der Waals surface area (Å²) < 4.78 is 1.22. The Hall–Kier alpha value is 0.1000. The highest BCUT2D eigenvalue weighted by molar-refractivity contribution is 9.10. The minimum Gasteiger partial charge on any atom is -0.314 e. The molecule has 1 aromatic heterocycles. The zero-order chi connectivity index (χ0) is 11.5. The number of hydrogen-bond donors (Lipinski definition) is 1. The standard InChI is InChI=1S/C12H19BrN2S/c1-9(2)12(11-7-10(13)8-16-11)15-5-3-14-4-6-15/h7-9,12,14H,3-6H2,1-2H3. The maximum absolute atomic E-state index is 3.55. The molecule has 1 atom stereocenters. The van der Waals surface area contributed by atoms with Gasteiger partial charge in [0, 0.05) is 47.0 Å². The van der Waals surface area contributed by atoms with Crippen molar-refractivity contribution >= 4 is 27.3 Å². The second-order valence-electron chi connectivity index (χ2n) is 4.64. The highest BCUT2D eigenvalue weighted by atomic mass is 79.9. The molecule has 1 aliphatic rings. The Kier molecular flexibility index (Phi) is 4.41. The van der Waals surface area contributed by atoms with Crippen molar-refractivity contribution in [3.05, 3.63) is 20.8 Å². The van der Waals surface area contributed by atoms with Crippen LogP contribution in [0, 0.1) is 5.92 Å². The third-order valence-electron chi connectivity index (χ3n) is 3.06. The van der Waals surface area contributed by atoms with Gasteiger partial charge in [0.15, 0.2) is 0 Å². The lowest BCUT2D eigenvalue weighted by Gasteiger charge is -2.36. The third-order valence-corrected chi connectivity index (χ3v) is 4.82. The van der Waals surface area contributed by atoms with Gasteiger partial charge in [-0.05, 0) is 27.9 Å². The van der Waals surface area contributed by atoms with Crippen LogP contribution in [0.1, 0.15) is 24.8 Å². The van der Waals surface area contributed by atoms with Crippen LogP contribution >= 0.6 is 27.3 Å². The molecule has 0 amide bonds. The Balaban J connectivity index is 2.16. The molecule has 0 aromatic carbocycles. The molecule has 90 valence electrons. The molecule has 1 aromatic rings. The van der Waals surface area contributed by atoms with Crippen LogP contribution in [0.25, 0.3) is 0 Å². The maximum atomic E-state index is 3.55. The molecule has 1 aliphatic heterocycles. The molecule has 0 aliphatic carbocycles. The summed E-state index contributed by atoms with van der Waals surface area (Å²) in [5.74, 6) is 0.670. The van der Waals surface area contributed by atoms with Crippen molar-refractivity contribution in [3.8, 4) is 0 Å². The second-order valence-corrected chi connectivity index (χ2v) is 6.50. The van der Waals surface area contributed by atoms with Gasteiger partial charge in [-0.15, -0.1) is 11.3 Å². The van der Waals surface area contributed by atoms with Gasteiger partial charge < -0.3 is 5.32 Å². The Morgan fingerprint density at radius 2 is 2.06 bits per heavy atom. The number of halogens is 1. The second kappa shape index (κ2) is 5.63. The minimum atomic E-state index is 0.582. The normalized spacial score (nSPS) is 20.2. The van der Waals surface area contributed by atoms with E-state index >= 15 is 0 Å². The lowest BCUT2D eigenvalue weighted by molar-refractivity contribution is 0.139. The van der Waals surface area contributed by atoms with Crippen molar-refractivity contribution < 1.29 is 0 Å². The van der Waals surface area contributed by atoms with E-state index in [0.717, 1.165) is 13.1 Å². The van der Waals surface area contributed by atoms with E-state index in [1.165, 1.54) is 22.4 Å². The number of nitrogens with zero attached hydrogens (tertiary/aromatic N) is 1. The predicted octanol–water partition coefficient (Wildman–Crippen LogP) is 3.11. The molecule has 16 heavy (non-hydrogen) atoms. The SMILES string of the molecule is CC(C)C(c1cc(Br)cs1)N1CCNCC1. The largest absolute Gasteiger partial charge is 0.314 e. The van der Waals surface area contributed by atoms with Crippen LogP contribution in [0.4, 0.5) is 0 Å². The highest BCUT2D eigenvalue weighted by Crippen LogP contribution is 2.34. The summed E-state index contributed by atoms with van der Waals surface area (Å²) in [5, 5.41) is 5.61. The number of nitrogens with one attached hydrogen (secondary N) is 1. The van der Waals surface area contributed by atoms with Crippen LogP contribution in [-0.4, -0.2) is 31.1 Å². The smallest absolute Gasteiger partial charge is 0.0465 e. The van der Waals surface area contributed by atoms with Crippen molar-refractivity contribution in [3.63, 3.8) is 0 Å². The van der Waals surface area contributed by atoms with Gasteiger partial charge in [0.05, 0.1) is 0 Å². The first-order chi connectivity index (χ1) is 7.68. The molecule has 2 nitrogen and oxygen atoms in total. The van der Waals surface area contributed by atoms with Gasteiger partial charge in [-0.25, -0.2) is 0 Å². The molecule has 0 saturated carbocycles. The van der Waals surface area contributed by atoms with E-state index in [1.807, 2.05) is 11.3 Å². The molecule has 0 radical (unpaired) electrons. The molecule has 4 heteroatoms. The Morgan fingerprint density at radius 1 is 1.38 bits per heavy atom. The van der Waals surface area contributed by atoms with Crippen LogP contribution < -0.4 is 5.32 Å². The van der Waals surface area contributed by atoms with E-state index in [0.29, 0.717) is 12.0 Å². The minimum absolute atomic E-state index is 0.582. The van der Waals surface area contributed by atoms with Crippen molar-refractivity contribution in [2.75, 3.05) is 26.2 Å². The first kappa shape index (κ1) is 12.6. The van der Waals surface area contributed by atoms with Crippen molar-refractivity contribution in [1.82, 2.24) is 10.2 Å². The first-order valence-corrected chi connectivity index (χ1v) is 7.54. The van der Waals surface area contributed by atoms with Gasteiger partial charge in [0.25, 0.3) is 0 Å². The average molecular weight is 303 g/mol. The topological polar surface area (TPSA) is 15.3 Å². The molecule has 1 saturated heterocycles. The van der Waals surface area contributed by atoms with Crippen molar-refractivity contribution in [2.24, 2.45) is 5.92 Å². The molecular formula is C12H19BrN2S. The monoisotopic (exact) mass is 302 g/mol. The van der Waals surface area contributed by atoms with E-state index in [1.54, 1.807) is 0 Å². The molecule has 0 bridgehead atoms. The summed E-state index contributed by atoms with van der Waals surface area (Å²) in [6.45, 7) is 9.21. The van der Waals surface area contributed by atoms with Crippen LogP contribution in [0.5, 0.6) is 0 Å². The average Bonchev–Trinajstić information content (AvgIpc) is 2.66. The van der Waals surface area contributed by atoms with E-state index < -0.39 is 0 Å². The number of rotatable bonds is 3. The van der Waals surface area contributed by atoms with Gasteiger partial charge in [-0.2, -0.15) is 0 Å². The highest BCUT2D eigenvalue weighted by Gasteiger charge is 2.25. The van der Waals surface area contributed by atoms with Crippen molar-refractivity contribution in [2.45, 2.75) is 19.9 Å². The summed E-state index contributed by atoms with van der Waals surface area (Å²) >= 11 is 5.42. The molecular weight excluding hydrogens is 284 g/mol. The predicted molar refractivity (Wildman–Crippen MR) is 74.0 cm³/mol. The first-order valence-electron chi connectivity index (χ1n) is 5.87. The zero-order valence-corrected chi connectivity index (χ0v) is 12.3. The van der Waals surface area contributed by atoms with Crippen LogP contribution in [0.2, 0.25) is 0 Å². The number of piperazine rings is 1. The molecule has 1 fully saturated rings. The molecule has 1 unspecified atom stereocenters. The van der Waals surface area contributed by atoms with Gasteiger partial charge in [0.2, 0.25) is 0 Å². The molecule has 1 N–H and O–H groups in total. The zero-order valence-electron chi connectivity index (χ0n) is 9.87. The Bertz CT molecular complexity index is 332. The fourth-order valence-electron chi connectivity index (χ4n) is 2.37. The Morgan fingerprint density at radius 3 is 2.56 bits per heavy atom. The third kappa shape index (κ3) is 2.86. The maximum Gasteiger partial charge on any atom is 0.0465 e. The van der Waals surface area contributed by atoms with E-state index in [4.69, 9.17) is 0 Å². The van der Waals surface area contributed by atoms with Crippen LogP contribution in [0.15, 0.2) is 15.9 Å². The fraction of sp³-hybridized carbons (Fsp3) is 0.667. The van der Waals surface area contributed by atoms with E-state index in [2.05, 4.69) is 51.4 Å². The summed E-state index contributed by atoms with van der Waals surface area (Å²) in [6.07, 6.45) is 0. The molecule has 0 spiro atoms. The van der Waals surface area contributed by atoms with E-state index in [9.17, 15) is 0 Å². The summed E-state index contributed by atoms with van der Waals surface area (Å²) in [5.41, 5.74) is 0.